The van der Waals surface area contributed by atoms with Crippen LogP contribution in [0.2, 0.25) is 0 Å². The lowest BCUT2D eigenvalue weighted by molar-refractivity contribution is -0.139. The Morgan fingerprint density at radius 2 is 2.11 bits per heavy atom. The van der Waals surface area contributed by atoms with E-state index in [1.807, 2.05) is 0 Å². The molecule has 1 heterocycles. The van der Waals surface area contributed by atoms with Gasteiger partial charge in [0.25, 0.3) is 0 Å². The van der Waals surface area contributed by atoms with Crippen molar-refractivity contribution in [2.24, 2.45) is 5.84 Å². The van der Waals surface area contributed by atoms with Crippen LogP contribution in [0.15, 0.2) is 6.07 Å². The number of nitrogens with two attached hydrogens (primary N) is 1. The van der Waals surface area contributed by atoms with Gasteiger partial charge in [-0.05, 0) is 12.8 Å². The Hall–Kier alpha value is -1.57. The lowest BCUT2D eigenvalue weighted by Gasteiger charge is -2.10. The van der Waals surface area contributed by atoms with Gasteiger partial charge in [0.2, 0.25) is 5.88 Å². The highest BCUT2D eigenvalue weighted by atomic mass is 19.4. The number of anilines is 1. The molecule has 3 N–H and O–H groups in total. The number of nitrogens with one attached hydrogen (secondary N) is 1. The minimum absolute atomic E-state index is 0.115. The third-order valence-electron chi connectivity index (χ3n) is 2.45. The number of hydrogen-bond donors (Lipinski definition) is 2. The first-order valence-electron chi connectivity index (χ1n) is 5.53. The van der Waals surface area contributed by atoms with Gasteiger partial charge in [-0.2, -0.15) is 18.2 Å². The molecule has 0 aromatic carbocycles. The Kier molecular flexibility index (Phi) is 3.55. The number of hydrazine groups is 1. The SMILES string of the molecule is NNc1cc(OCCC(F)(F)F)nc(C2CC2)n1. The van der Waals surface area contributed by atoms with Crippen molar-refractivity contribution in [3.8, 4) is 5.88 Å². The van der Waals surface area contributed by atoms with Gasteiger partial charge >= 0.3 is 6.18 Å². The maximum atomic E-state index is 12.0. The molecule has 0 aliphatic heterocycles. The van der Waals surface area contributed by atoms with Crippen LogP contribution in [0.25, 0.3) is 0 Å². The first-order valence-corrected chi connectivity index (χ1v) is 5.53. The molecule has 18 heavy (non-hydrogen) atoms. The summed E-state index contributed by atoms with van der Waals surface area (Å²) in [6.07, 6.45) is -3.28. The molecule has 5 nitrogen and oxygen atoms in total. The lowest BCUT2D eigenvalue weighted by atomic mass is 10.4. The second-order valence-corrected chi connectivity index (χ2v) is 4.08. The Morgan fingerprint density at radius 1 is 1.39 bits per heavy atom. The van der Waals surface area contributed by atoms with E-state index in [1.54, 1.807) is 0 Å². The van der Waals surface area contributed by atoms with Crippen LogP contribution in [-0.4, -0.2) is 22.8 Å². The van der Waals surface area contributed by atoms with Gasteiger partial charge in [0.1, 0.15) is 11.6 Å². The van der Waals surface area contributed by atoms with E-state index >= 15 is 0 Å². The summed E-state index contributed by atoms with van der Waals surface area (Å²) in [5, 5.41) is 0. The van der Waals surface area contributed by atoms with Gasteiger partial charge in [-0.3, -0.25) is 0 Å². The Bertz CT molecular complexity index is 420. The molecular formula is C10H13F3N4O. The molecule has 1 aromatic heterocycles. The molecule has 0 radical (unpaired) electrons. The second kappa shape index (κ2) is 4.97. The molecule has 0 amide bonds. The summed E-state index contributed by atoms with van der Waals surface area (Å²) in [6, 6.07) is 1.38. The fourth-order valence-electron chi connectivity index (χ4n) is 1.39. The monoisotopic (exact) mass is 262 g/mol. The minimum atomic E-state index is -4.23. The topological polar surface area (TPSA) is 73.1 Å². The van der Waals surface area contributed by atoms with E-state index in [0.717, 1.165) is 12.8 Å². The molecule has 0 atom stereocenters. The fourth-order valence-corrected chi connectivity index (χ4v) is 1.39. The predicted molar refractivity (Wildman–Crippen MR) is 58.0 cm³/mol. The maximum absolute atomic E-state index is 12.0. The number of aromatic nitrogens is 2. The number of nitrogens with zero attached hydrogens (tertiary/aromatic N) is 2. The zero-order valence-corrected chi connectivity index (χ0v) is 9.50. The average Bonchev–Trinajstić information content (AvgIpc) is 3.10. The number of halogens is 3. The molecule has 8 heteroatoms. The molecule has 0 spiro atoms. The Balaban J connectivity index is 2.00. The number of nitrogen functional groups attached to an aromatic ring is 1. The summed E-state index contributed by atoms with van der Waals surface area (Å²) in [5.74, 6) is 6.52. The molecule has 1 aliphatic carbocycles. The highest BCUT2D eigenvalue weighted by Crippen LogP contribution is 2.39. The second-order valence-electron chi connectivity index (χ2n) is 4.08. The smallest absolute Gasteiger partial charge is 0.392 e. The van der Waals surface area contributed by atoms with Gasteiger partial charge < -0.3 is 10.2 Å². The van der Waals surface area contributed by atoms with E-state index in [9.17, 15) is 13.2 Å². The van der Waals surface area contributed by atoms with Crippen molar-refractivity contribution in [2.45, 2.75) is 31.4 Å². The van der Waals surface area contributed by atoms with Crippen molar-refractivity contribution >= 4 is 5.82 Å². The van der Waals surface area contributed by atoms with Gasteiger partial charge in [0, 0.05) is 12.0 Å². The number of ether oxygens (including phenoxy) is 1. The van der Waals surface area contributed by atoms with Crippen LogP contribution in [0.1, 0.15) is 31.0 Å². The van der Waals surface area contributed by atoms with Gasteiger partial charge in [0.05, 0.1) is 13.0 Å². The highest BCUT2D eigenvalue weighted by molar-refractivity contribution is 5.38. The number of alkyl halides is 3. The van der Waals surface area contributed by atoms with Crippen molar-refractivity contribution in [2.75, 3.05) is 12.0 Å². The molecule has 0 bridgehead atoms. The largest absolute Gasteiger partial charge is 0.477 e. The molecule has 100 valence electrons. The number of rotatable bonds is 5. The standard InChI is InChI=1S/C10H13F3N4O/c11-10(12,13)3-4-18-8-5-7(17-14)15-9(16-8)6-1-2-6/h5-6H,1-4,14H2,(H,15,16,17). The van der Waals surface area contributed by atoms with E-state index in [1.165, 1.54) is 6.07 Å². The van der Waals surface area contributed by atoms with Gasteiger partial charge in [-0.1, -0.05) is 0 Å². The van der Waals surface area contributed by atoms with Crippen molar-refractivity contribution in [3.63, 3.8) is 0 Å². The van der Waals surface area contributed by atoms with Crippen molar-refractivity contribution in [3.05, 3.63) is 11.9 Å². The maximum Gasteiger partial charge on any atom is 0.392 e. The molecule has 0 unspecified atom stereocenters. The van der Waals surface area contributed by atoms with Crippen LogP contribution in [0.5, 0.6) is 5.88 Å². The molecule has 1 aliphatic rings. The van der Waals surface area contributed by atoms with E-state index in [2.05, 4.69) is 15.4 Å². The summed E-state index contributed by atoms with van der Waals surface area (Å²) in [4.78, 5) is 8.19. The van der Waals surface area contributed by atoms with E-state index in [-0.39, 0.29) is 11.8 Å². The molecule has 1 aromatic rings. The summed E-state index contributed by atoms with van der Waals surface area (Å²) in [6.45, 7) is -0.464. The zero-order valence-electron chi connectivity index (χ0n) is 9.50. The average molecular weight is 262 g/mol. The Labute approximate surface area is 102 Å². The normalized spacial score (nSPS) is 15.6. The fraction of sp³-hybridized carbons (Fsp3) is 0.600. The highest BCUT2D eigenvalue weighted by Gasteiger charge is 2.29. The molecule has 1 fully saturated rings. The lowest BCUT2D eigenvalue weighted by Crippen LogP contribution is -2.15. The van der Waals surface area contributed by atoms with Crippen LogP contribution < -0.4 is 16.0 Å². The first kappa shape index (κ1) is 12.9. The first-order chi connectivity index (χ1) is 8.48. The van der Waals surface area contributed by atoms with Crippen LogP contribution in [-0.2, 0) is 0 Å². The summed E-state index contributed by atoms with van der Waals surface area (Å²) in [7, 11) is 0. The molecule has 1 saturated carbocycles. The minimum Gasteiger partial charge on any atom is -0.477 e. The molecule has 0 saturated heterocycles. The number of hydrogen-bond acceptors (Lipinski definition) is 5. The van der Waals surface area contributed by atoms with E-state index < -0.39 is 19.2 Å². The van der Waals surface area contributed by atoms with Crippen LogP contribution in [0, 0.1) is 0 Å². The summed E-state index contributed by atoms with van der Waals surface area (Å²) < 4.78 is 40.9. The third-order valence-corrected chi connectivity index (χ3v) is 2.45. The Morgan fingerprint density at radius 3 is 2.67 bits per heavy atom. The summed E-state index contributed by atoms with van der Waals surface area (Å²) >= 11 is 0. The molecule has 2 rings (SSSR count). The molecular weight excluding hydrogens is 249 g/mol. The van der Waals surface area contributed by atoms with Crippen LogP contribution in [0.4, 0.5) is 19.0 Å². The van der Waals surface area contributed by atoms with Crippen molar-refractivity contribution in [1.82, 2.24) is 9.97 Å². The van der Waals surface area contributed by atoms with Gasteiger partial charge in [-0.15, -0.1) is 0 Å². The predicted octanol–water partition coefficient (Wildman–Crippen LogP) is 1.97. The zero-order chi connectivity index (χ0) is 13.2. The van der Waals surface area contributed by atoms with Crippen molar-refractivity contribution < 1.29 is 17.9 Å². The van der Waals surface area contributed by atoms with Gasteiger partial charge in [0.15, 0.2) is 0 Å². The van der Waals surface area contributed by atoms with Crippen LogP contribution >= 0.6 is 0 Å². The van der Waals surface area contributed by atoms with E-state index in [4.69, 9.17) is 10.6 Å². The van der Waals surface area contributed by atoms with E-state index in [0.29, 0.717) is 11.6 Å². The van der Waals surface area contributed by atoms with Gasteiger partial charge in [-0.25, -0.2) is 10.8 Å². The quantitative estimate of drug-likeness (QED) is 0.627. The van der Waals surface area contributed by atoms with Crippen LogP contribution in [0.3, 0.4) is 0 Å². The third kappa shape index (κ3) is 3.73. The van der Waals surface area contributed by atoms with Crippen molar-refractivity contribution in [1.29, 1.82) is 0 Å². The summed E-state index contributed by atoms with van der Waals surface area (Å²) in [5.41, 5.74) is 2.34.